The lowest BCUT2D eigenvalue weighted by Gasteiger charge is -2.27. The van der Waals surface area contributed by atoms with Crippen LogP contribution in [0.2, 0.25) is 0 Å². The zero-order valence-corrected chi connectivity index (χ0v) is 21.1. The second-order valence-electron chi connectivity index (χ2n) is 10.3. The average molecular weight is 534 g/mol. The van der Waals surface area contributed by atoms with E-state index < -0.39 is 11.7 Å². The van der Waals surface area contributed by atoms with Crippen LogP contribution in [0.25, 0.3) is 44.7 Å². The summed E-state index contributed by atoms with van der Waals surface area (Å²) in [5, 5.41) is 7.50. The summed E-state index contributed by atoms with van der Waals surface area (Å²) in [5.41, 5.74) is 3.60. The molecule has 12 heteroatoms. The molecular formula is C27H26F3N9. The van der Waals surface area contributed by atoms with E-state index in [2.05, 4.69) is 35.0 Å². The van der Waals surface area contributed by atoms with Gasteiger partial charge in [0.25, 0.3) is 5.92 Å². The predicted octanol–water partition coefficient (Wildman–Crippen LogP) is 4.93. The van der Waals surface area contributed by atoms with Crippen LogP contribution in [0.1, 0.15) is 31.2 Å². The summed E-state index contributed by atoms with van der Waals surface area (Å²) in [6, 6.07) is 3.60. The van der Waals surface area contributed by atoms with E-state index in [1.54, 1.807) is 23.4 Å². The molecule has 7 heterocycles. The highest BCUT2D eigenvalue weighted by Gasteiger charge is 2.38. The van der Waals surface area contributed by atoms with E-state index in [-0.39, 0.29) is 24.0 Å². The smallest absolute Gasteiger partial charge is 0.261 e. The number of nitrogens with one attached hydrogen (secondary N) is 2. The first-order valence-electron chi connectivity index (χ1n) is 13.1. The highest BCUT2D eigenvalue weighted by molar-refractivity contribution is 5.96. The summed E-state index contributed by atoms with van der Waals surface area (Å²) in [5.74, 6) is -1.99. The average Bonchev–Trinajstić information content (AvgIpc) is 3.65. The molecule has 0 atom stereocenters. The number of nitrogens with zero attached hydrogens (tertiary/aromatic N) is 7. The first kappa shape index (κ1) is 24.0. The molecule has 5 aromatic rings. The van der Waals surface area contributed by atoms with E-state index in [0.717, 1.165) is 42.8 Å². The van der Waals surface area contributed by atoms with E-state index in [0.29, 0.717) is 41.3 Å². The lowest BCUT2D eigenvalue weighted by molar-refractivity contribution is 0.0115. The molecule has 200 valence electrons. The Bertz CT molecular complexity index is 1670. The van der Waals surface area contributed by atoms with Gasteiger partial charge in [-0.05, 0) is 37.0 Å². The van der Waals surface area contributed by atoms with Crippen LogP contribution >= 0.6 is 0 Å². The van der Waals surface area contributed by atoms with Gasteiger partial charge >= 0.3 is 0 Å². The molecule has 39 heavy (non-hydrogen) atoms. The molecule has 2 aliphatic rings. The molecule has 5 aromatic heterocycles. The molecular weight excluding hydrogens is 507 g/mol. The predicted molar refractivity (Wildman–Crippen MR) is 141 cm³/mol. The summed E-state index contributed by atoms with van der Waals surface area (Å²) in [4.78, 5) is 25.2. The van der Waals surface area contributed by atoms with Crippen molar-refractivity contribution in [1.29, 1.82) is 0 Å². The maximum absolute atomic E-state index is 16.1. The SMILES string of the molecule is Fc1c(-c2cncc(CN3CCC(F)(F)C3)c2)ncc2[nH]nc(-c3nc4c(N5CCCCC5)nccc4[nH]3)c12. The zero-order valence-electron chi connectivity index (χ0n) is 21.1. The Kier molecular flexibility index (Phi) is 5.72. The number of aromatic amines is 2. The number of imidazole rings is 1. The quantitative estimate of drug-likeness (QED) is 0.330. The number of hydrogen-bond acceptors (Lipinski definition) is 7. The van der Waals surface area contributed by atoms with Gasteiger partial charge in [0.15, 0.2) is 17.5 Å². The monoisotopic (exact) mass is 533 g/mol. The highest BCUT2D eigenvalue weighted by Crippen LogP contribution is 2.34. The number of halogens is 3. The third-order valence-corrected chi connectivity index (χ3v) is 7.53. The molecule has 0 saturated carbocycles. The van der Waals surface area contributed by atoms with Crippen LogP contribution in [0.4, 0.5) is 19.0 Å². The fourth-order valence-corrected chi connectivity index (χ4v) is 5.62. The van der Waals surface area contributed by atoms with Gasteiger partial charge in [-0.3, -0.25) is 20.0 Å². The first-order chi connectivity index (χ1) is 18.9. The van der Waals surface area contributed by atoms with Crippen LogP contribution in [-0.4, -0.2) is 72.1 Å². The summed E-state index contributed by atoms with van der Waals surface area (Å²) in [6.45, 7) is 2.18. The number of fused-ring (bicyclic) bond motifs is 2. The number of piperidine rings is 1. The topological polar surface area (TPSA) is 103 Å². The number of aromatic nitrogens is 7. The zero-order chi connectivity index (χ0) is 26.6. The molecule has 7 rings (SSSR count). The lowest BCUT2D eigenvalue weighted by Crippen LogP contribution is -2.30. The second kappa shape index (κ2) is 9.30. The number of H-pyrrole nitrogens is 2. The summed E-state index contributed by atoms with van der Waals surface area (Å²) in [7, 11) is 0. The van der Waals surface area contributed by atoms with Crippen molar-refractivity contribution in [2.45, 2.75) is 38.2 Å². The van der Waals surface area contributed by atoms with Crippen molar-refractivity contribution >= 4 is 27.8 Å². The van der Waals surface area contributed by atoms with Gasteiger partial charge in [-0.1, -0.05) is 0 Å². The molecule has 0 amide bonds. The summed E-state index contributed by atoms with van der Waals surface area (Å²) in [6.07, 6.45) is 9.69. The van der Waals surface area contributed by atoms with E-state index in [1.165, 1.54) is 18.8 Å². The van der Waals surface area contributed by atoms with Crippen molar-refractivity contribution in [2.24, 2.45) is 0 Å². The van der Waals surface area contributed by atoms with Crippen LogP contribution in [0.15, 0.2) is 36.9 Å². The van der Waals surface area contributed by atoms with Crippen LogP contribution in [0, 0.1) is 5.82 Å². The Morgan fingerprint density at radius 2 is 1.85 bits per heavy atom. The van der Waals surface area contributed by atoms with Gasteiger partial charge in [0.2, 0.25) is 0 Å². The normalized spacial score (nSPS) is 18.0. The Labute approximate surface area is 221 Å². The number of alkyl halides is 2. The Morgan fingerprint density at radius 1 is 0.974 bits per heavy atom. The molecule has 0 spiro atoms. The van der Waals surface area contributed by atoms with Gasteiger partial charge in [0.05, 0.1) is 29.2 Å². The van der Waals surface area contributed by atoms with E-state index in [9.17, 15) is 8.78 Å². The fraction of sp³-hybridized carbons (Fsp3) is 0.370. The van der Waals surface area contributed by atoms with Crippen molar-refractivity contribution in [3.8, 4) is 22.8 Å². The number of hydrogen-bond donors (Lipinski definition) is 2. The van der Waals surface area contributed by atoms with Gasteiger partial charge in [0.1, 0.15) is 16.9 Å². The molecule has 0 aliphatic carbocycles. The number of pyridine rings is 3. The Balaban J connectivity index is 1.25. The fourth-order valence-electron chi connectivity index (χ4n) is 5.62. The van der Waals surface area contributed by atoms with Crippen molar-refractivity contribution in [3.05, 3.63) is 48.3 Å². The van der Waals surface area contributed by atoms with Gasteiger partial charge in [-0.25, -0.2) is 23.1 Å². The van der Waals surface area contributed by atoms with E-state index in [4.69, 9.17) is 4.98 Å². The molecule has 2 fully saturated rings. The molecule has 2 aliphatic heterocycles. The Morgan fingerprint density at radius 3 is 2.67 bits per heavy atom. The van der Waals surface area contributed by atoms with Crippen molar-refractivity contribution in [2.75, 3.05) is 31.1 Å². The molecule has 2 saturated heterocycles. The third kappa shape index (κ3) is 4.38. The maximum Gasteiger partial charge on any atom is 0.261 e. The van der Waals surface area contributed by atoms with Crippen LogP contribution in [-0.2, 0) is 6.54 Å². The molecule has 2 N–H and O–H groups in total. The molecule has 0 aromatic carbocycles. The van der Waals surface area contributed by atoms with E-state index >= 15 is 4.39 Å². The highest BCUT2D eigenvalue weighted by atomic mass is 19.3. The first-order valence-corrected chi connectivity index (χ1v) is 13.1. The Hall–Kier alpha value is -4.06. The minimum Gasteiger partial charge on any atom is -0.355 e. The minimum absolute atomic E-state index is 0.109. The number of rotatable bonds is 5. The maximum atomic E-state index is 16.1. The van der Waals surface area contributed by atoms with Crippen LogP contribution in [0.3, 0.4) is 0 Å². The van der Waals surface area contributed by atoms with Crippen molar-refractivity contribution < 1.29 is 13.2 Å². The molecule has 0 radical (unpaired) electrons. The minimum atomic E-state index is -2.68. The summed E-state index contributed by atoms with van der Waals surface area (Å²) < 4.78 is 43.3. The number of anilines is 1. The molecule has 0 unspecified atom stereocenters. The van der Waals surface area contributed by atoms with Gasteiger partial charge < -0.3 is 9.88 Å². The number of likely N-dealkylation sites (tertiary alicyclic amines) is 1. The second-order valence-corrected chi connectivity index (χ2v) is 10.3. The van der Waals surface area contributed by atoms with E-state index in [1.807, 2.05) is 6.07 Å². The van der Waals surface area contributed by atoms with Gasteiger partial charge in [0, 0.05) is 56.8 Å². The largest absolute Gasteiger partial charge is 0.355 e. The van der Waals surface area contributed by atoms with Crippen molar-refractivity contribution in [3.63, 3.8) is 0 Å². The summed E-state index contributed by atoms with van der Waals surface area (Å²) >= 11 is 0. The van der Waals surface area contributed by atoms with Crippen molar-refractivity contribution in [1.82, 2.24) is 40.0 Å². The lowest BCUT2D eigenvalue weighted by atomic mass is 10.1. The third-order valence-electron chi connectivity index (χ3n) is 7.53. The van der Waals surface area contributed by atoms with Crippen LogP contribution < -0.4 is 4.90 Å². The van der Waals surface area contributed by atoms with Gasteiger partial charge in [-0.2, -0.15) is 5.10 Å². The molecule has 0 bridgehead atoms. The van der Waals surface area contributed by atoms with Crippen LogP contribution in [0.5, 0.6) is 0 Å². The van der Waals surface area contributed by atoms with Gasteiger partial charge in [-0.15, -0.1) is 0 Å². The standard InChI is InChI=1S/C27H26F3N9/c28-21-20-19(13-33-22(21)17-10-16(11-31-12-17)14-38-9-5-27(29,30)15-38)36-37-24(20)25-34-18-4-6-32-26(23(18)35-25)39-7-2-1-3-8-39/h4,6,10-13H,1-3,5,7-9,14-15H2,(H,34,35)(H,36,37). The molecule has 9 nitrogen and oxygen atoms in total.